The van der Waals surface area contributed by atoms with E-state index in [4.69, 9.17) is 17.0 Å². The van der Waals surface area contributed by atoms with Crippen molar-refractivity contribution in [2.24, 2.45) is 11.7 Å². The number of H-pyrrole nitrogens is 1. The topological polar surface area (TPSA) is 101 Å². The normalized spacial score (nSPS) is 16.1. The lowest BCUT2D eigenvalue weighted by molar-refractivity contribution is -0.134. The van der Waals surface area contributed by atoms with Crippen LogP contribution < -0.4 is 5.73 Å². The van der Waals surface area contributed by atoms with Gasteiger partial charge in [-0.2, -0.15) is 0 Å². The molecule has 2 atom stereocenters. The van der Waals surface area contributed by atoms with Crippen molar-refractivity contribution in [1.29, 1.82) is 0 Å². The van der Waals surface area contributed by atoms with Gasteiger partial charge in [0.1, 0.15) is 5.82 Å². The van der Waals surface area contributed by atoms with Gasteiger partial charge >= 0.3 is 0 Å². The van der Waals surface area contributed by atoms with Gasteiger partial charge in [-0.15, -0.1) is 6.42 Å². The molecule has 0 spiro atoms. The Hall–Kier alpha value is -3.63. The van der Waals surface area contributed by atoms with Crippen molar-refractivity contribution in [2.45, 2.75) is 38.8 Å². The second-order valence-corrected chi connectivity index (χ2v) is 8.39. The number of aromatic nitrogens is 2. The summed E-state index contributed by atoms with van der Waals surface area (Å²) < 4.78 is 3.86. The van der Waals surface area contributed by atoms with Crippen LogP contribution >= 0.6 is 0 Å². The molecule has 172 valence electrons. The highest BCUT2D eigenvalue weighted by Gasteiger charge is 2.35. The van der Waals surface area contributed by atoms with Gasteiger partial charge in [-0.25, -0.2) is 4.98 Å². The Labute approximate surface area is 194 Å². The number of hydrogen-bond donors (Lipinski definition) is 2. The lowest BCUT2D eigenvalue weighted by Gasteiger charge is -2.27. The van der Waals surface area contributed by atoms with Gasteiger partial charge in [0.15, 0.2) is 0 Å². The van der Waals surface area contributed by atoms with Crippen LogP contribution in [0.2, 0.25) is 0 Å². The smallest absolute Gasteiger partial charge is 0.292 e. The summed E-state index contributed by atoms with van der Waals surface area (Å²) in [6.45, 7) is 5.06. The van der Waals surface area contributed by atoms with Gasteiger partial charge in [-0.05, 0) is 47.7 Å². The number of carbonyl (C=O) groups is 2. The Bertz CT molecular complexity index is 1160. The van der Waals surface area contributed by atoms with Gasteiger partial charge < -0.3 is 20.4 Å². The highest BCUT2D eigenvalue weighted by atomic mass is 16.5. The minimum Gasteiger partial charge on any atom is -0.471 e. The Morgan fingerprint density at radius 1 is 1.30 bits per heavy atom. The standard InChI is InChI=1S/C24H26N4O.C2H4O2/c1-4-16-7-8-18-13-19(10-9-17(18)12-16)20-14-26-23(27-20)21-6-5-11-28(21)24(29)22(25)15(2)3;1-4-2-3/h1,7-10,12-15,21-22H,5-6,11,25H2,2-3H3,(H,26,27);2H,1H3. The number of ether oxygens (including phenoxy) is 1. The quantitative estimate of drug-likeness (QED) is 0.460. The van der Waals surface area contributed by atoms with E-state index in [0.29, 0.717) is 6.47 Å². The lowest BCUT2D eigenvalue weighted by Crippen LogP contribution is -2.46. The lowest BCUT2D eigenvalue weighted by atomic mass is 10.0. The van der Waals surface area contributed by atoms with Crippen molar-refractivity contribution >= 4 is 23.2 Å². The number of rotatable bonds is 5. The van der Waals surface area contributed by atoms with Crippen LogP contribution in [-0.4, -0.2) is 46.9 Å². The molecule has 0 saturated carbocycles. The van der Waals surface area contributed by atoms with Crippen LogP contribution in [-0.2, 0) is 14.3 Å². The number of terminal acetylenes is 1. The molecule has 7 nitrogen and oxygen atoms in total. The number of likely N-dealkylation sites (tertiary alicyclic amines) is 1. The first-order valence-corrected chi connectivity index (χ1v) is 11.0. The minimum absolute atomic E-state index is 0.00970. The number of benzene rings is 2. The average Bonchev–Trinajstić information content (AvgIpc) is 3.52. The molecule has 3 N–H and O–H groups in total. The van der Waals surface area contributed by atoms with E-state index in [1.807, 2.05) is 43.1 Å². The van der Waals surface area contributed by atoms with Crippen molar-refractivity contribution in [3.8, 4) is 23.6 Å². The third-order valence-electron chi connectivity index (χ3n) is 5.86. The van der Waals surface area contributed by atoms with Gasteiger partial charge in [0.2, 0.25) is 5.91 Å². The highest BCUT2D eigenvalue weighted by molar-refractivity contribution is 5.88. The molecule has 7 heteroatoms. The molecule has 0 radical (unpaired) electrons. The Balaban J connectivity index is 0.000000709. The summed E-state index contributed by atoms with van der Waals surface area (Å²) in [6, 6.07) is 11.7. The zero-order valence-electron chi connectivity index (χ0n) is 19.2. The molecular weight excluding hydrogens is 416 g/mol. The fourth-order valence-corrected chi connectivity index (χ4v) is 3.95. The van der Waals surface area contributed by atoms with Crippen molar-refractivity contribution < 1.29 is 14.3 Å². The third-order valence-corrected chi connectivity index (χ3v) is 5.86. The SMILES string of the molecule is C#Cc1ccc2cc(-c3cnc(C4CCCN4C(=O)C(N)C(C)C)[nH]3)ccc2c1.COC=O. The van der Waals surface area contributed by atoms with Crippen LogP contribution in [0.5, 0.6) is 0 Å². The molecule has 0 bridgehead atoms. The predicted molar refractivity (Wildman–Crippen MR) is 129 cm³/mol. The number of amides is 1. The van der Waals surface area contributed by atoms with Gasteiger partial charge in [0, 0.05) is 17.7 Å². The molecule has 1 aliphatic heterocycles. The van der Waals surface area contributed by atoms with E-state index in [-0.39, 0.29) is 17.9 Å². The first-order valence-electron chi connectivity index (χ1n) is 11.0. The summed E-state index contributed by atoms with van der Waals surface area (Å²) in [7, 11) is 1.31. The van der Waals surface area contributed by atoms with E-state index in [2.05, 4.69) is 38.8 Å². The van der Waals surface area contributed by atoms with Crippen LogP contribution in [0.3, 0.4) is 0 Å². The van der Waals surface area contributed by atoms with Gasteiger partial charge in [0.05, 0.1) is 31.1 Å². The van der Waals surface area contributed by atoms with Crippen LogP contribution in [0.25, 0.3) is 22.0 Å². The molecule has 1 saturated heterocycles. The maximum absolute atomic E-state index is 12.8. The van der Waals surface area contributed by atoms with Gasteiger partial charge in [0.25, 0.3) is 6.47 Å². The molecular formula is C26H30N4O3. The largest absolute Gasteiger partial charge is 0.471 e. The van der Waals surface area contributed by atoms with Crippen LogP contribution in [0, 0.1) is 18.3 Å². The number of fused-ring (bicyclic) bond motifs is 1. The molecule has 1 aromatic heterocycles. The Morgan fingerprint density at radius 3 is 2.67 bits per heavy atom. The third kappa shape index (κ3) is 5.41. The molecule has 2 heterocycles. The maximum atomic E-state index is 12.8. The van der Waals surface area contributed by atoms with E-state index < -0.39 is 6.04 Å². The fraction of sp³-hybridized carbons (Fsp3) is 0.346. The van der Waals surface area contributed by atoms with Gasteiger partial charge in [-0.1, -0.05) is 38.0 Å². The summed E-state index contributed by atoms with van der Waals surface area (Å²) in [4.78, 5) is 31.7. The number of hydrogen-bond acceptors (Lipinski definition) is 5. The second kappa shape index (κ2) is 10.8. The zero-order chi connectivity index (χ0) is 24.0. The predicted octanol–water partition coefficient (Wildman–Crippen LogP) is 3.65. The summed E-state index contributed by atoms with van der Waals surface area (Å²) in [5.74, 6) is 3.62. The Morgan fingerprint density at radius 2 is 2.00 bits per heavy atom. The molecule has 2 unspecified atom stereocenters. The first-order chi connectivity index (χ1) is 15.9. The number of nitrogens with two attached hydrogens (primary N) is 1. The van der Waals surface area contributed by atoms with Crippen molar-refractivity contribution in [3.63, 3.8) is 0 Å². The highest BCUT2D eigenvalue weighted by Crippen LogP contribution is 2.33. The van der Waals surface area contributed by atoms with Gasteiger partial charge in [-0.3, -0.25) is 9.59 Å². The Kier molecular flexibility index (Phi) is 7.86. The van der Waals surface area contributed by atoms with E-state index in [1.165, 1.54) is 7.11 Å². The maximum Gasteiger partial charge on any atom is 0.292 e. The van der Waals surface area contributed by atoms with Crippen molar-refractivity contribution in [1.82, 2.24) is 14.9 Å². The number of methoxy groups -OCH3 is 1. The number of nitrogens with zero attached hydrogens (tertiary/aromatic N) is 2. The van der Waals surface area contributed by atoms with Crippen molar-refractivity contribution in [3.05, 3.63) is 54.0 Å². The van der Waals surface area contributed by atoms with Crippen LogP contribution in [0.15, 0.2) is 42.6 Å². The van der Waals surface area contributed by atoms with E-state index in [1.54, 1.807) is 0 Å². The first kappa shape index (κ1) is 24.0. The minimum atomic E-state index is -0.474. The number of imidazole rings is 1. The summed E-state index contributed by atoms with van der Waals surface area (Å²) in [6.07, 6.45) is 9.20. The average molecular weight is 447 g/mol. The second-order valence-electron chi connectivity index (χ2n) is 8.39. The number of carbonyl (C=O) groups excluding carboxylic acids is 2. The summed E-state index contributed by atoms with van der Waals surface area (Å²) in [5, 5.41) is 2.23. The van der Waals surface area contributed by atoms with E-state index >= 15 is 0 Å². The molecule has 2 aromatic carbocycles. The van der Waals surface area contributed by atoms with Crippen LogP contribution in [0.1, 0.15) is 44.1 Å². The number of aromatic amines is 1. The number of nitrogens with one attached hydrogen (secondary N) is 1. The monoisotopic (exact) mass is 446 g/mol. The van der Waals surface area contributed by atoms with Crippen LogP contribution in [0.4, 0.5) is 0 Å². The molecule has 0 aliphatic carbocycles. The molecule has 1 aliphatic rings. The summed E-state index contributed by atoms with van der Waals surface area (Å²) in [5.41, 5.74) is 8.99. The van der Waals surface area contributed by atoms with Crippen molar-refractivity contribution in [2.75, 3.05) is 13.7 Å². The molecule has 33 heavy (non-hydrogen) atoms. The van der Waals surface area contributed by atoms with E-state index in [9.17, 15) is 4.79 Å². The molecule has 1 fully saturated rings. The fourth-order valence-electron chi connectivity index (χ4n) is 3.95. The van der Waals surface area contributed by atoms with E-state index in [0.717, 1.165) is 52.8 Å². The zero-order valence-corrected chi connectivity index (χ0v) is 19.2. The molecule has 4 rings (SSSR count). The molecule has 1 amide bonds. The molecule has 3 aromatic rings. The summed E-state index contributed by atoms with van der Waals surface area (Å²) >= 11 is 0.